The highest BCUT2D eigenvalue weighted by atomic mass is 32.2. The van der Waals surface area contributed by atoms with Gasteiger partial charge in [-0.2, -0.15) is 4.31 Å². The number of hydrogen-bond acceptors (Lipinski definition) is 9. The molecule has 218 valence electrons. The molecule has 2 fully saturated rings. The van der Waals surface area contributed by atoms with Gasteiger partial charge in [-0.25, -0.2) is 26.5 Å². The standard InChI is InChI=1S/C26H35N5O7S2/c1-18-29-24-7-6-23(13-25(24)30-18)40(35,36)31-10-8-26(9-11-31)14-19(16-38-26)28-15-20(32)17-37-21-4-3-5-22(12-21)39(33,34)27-2/h3-7,12-13,19-20,27-28,32H,8-11,14-17H2,1-2H3,(H,29,30). The monoisotopic (exact) mass is 593 g/mol. The number of H-pyrrole nitrogens is 1. The Balaban J connectivity index is 1.09. The molecule has 2 saturated heterocycles. The van der Waals surface area contributed by atoms with Gasteiger partial charge in [0.2, 0.25) is 20.0 Å². The molecule has 4 N–H and O–H groups in total. The van der Waals surface area contributed by atoms with Crippen LogP contribution >= 0.6 is 0 Å². The first-order chi connectivity index (χ1) is 19.0. The van der Waals surface area contributed by atoms with Crippen molar-refractivity contribution < 1.29 is 31.4 Å². The van der Waals surface area contributed by atoms with E-state index in [9.17, 15) is 21.9 Å². The highest BCUT2D eigenvalue weighted by molar-refractivity contribution is 7.89. The second-order valence-electron chi connectivity index (χ2n) is 10.4. The fourth-order valence-corrected chi connectivity index (χ4v) is 7.51. The number of fused-ring (bicyclic) bond motifs is 1. The molecule has 2 aliphatic rings. The Bertz CT molecular complexity index is 1570. The quantitative estimate of drug-likeness (QED) is 0.270. The van der Waals surface area contributed by atoms with Crippen molar-refractivity contribution in [1.82, 2.24) is 24.3 Å². The average molecular weight is 594 g/mol. The van der Waals surface area contributed by atoms with Gasteiger partial charge in [0.05, 0.1) is 33.0 Å². The second kappa shape index (κ2) is 11.4. The molecule has 0 amide bonds. The van der Waals surface area contributed by atoms with Crippen LogP contribution in [-0.2, 0) is 24.8 Å². The number of hydrogen-bond donors (Lipinski definition) is 4. The normalized spacial score (nSPS) is 20.7. The van der Waals surface area contributed by atoms with E-state index in [4.69, 9.17) is 9.47 Å². The van der Waals surface area contributed by atoms with E-state index >= 15 is 0 Å². The lowest BCUT2D eigenvalue weighted by atomic mass is 9.88. The number of aromatic amines is 1. The van der Waals surface area contributed by atoms with Crippen LogP contribution in [0.25, 0.3) is 11.0 Å². The lowest BCUT2D eigenvalue weighted by Gasteiger charge is -2.38. The van der Waals surface area contributed by atoms with E-state index in [-0.39, 0.29) is 29.0 Å². The van der Waals surface area contributed by atoms with Gasteiger partial charge in [-0.3, -0.25) is 0 Å². The molecule has 14 heteroatoms. The number of aliphatic hydroxyl groups is 1. The van der Waals surface area contributed by atoms with Crippen LogP contribution in [0.2, 0.25) is 0 Å². The van der Waals surface area contributed by atoms with Crippen LogP contribution in [0.1, 0.15) is 25.1 Å². The van der Waals surface area contributed by atoms with Crippen LogP contribution in [0.4, 0.5) is 0 Å². The molecule has 0 radical (unpaired) electrons. The summed E-state index contributed by atoms with van der Waals surface area (Å²) in [6.07, 6.45) is 1.08. The first-order valence-electron chi connectivity index (χ1n) is 13.2. The van der Waals surface area contributed by atoms with Crippen LogP contribution in [0, 0.1) is 6.92 Å². The van der Waals surface area contributed by atoms with Crippen molar-refractivity contribution in [2.24, 2.45) is 0 Å². The third-order valence-corrected chi connectivity index (χ3v) is 10.8. The Labute approximate surface area is 234 Å². The Kier molecular flexibility index (Phi) is 8.21. The number of aromatic nitrogens is 2. The van der Waals surface area contributed by atoms with E-state index in [1.54, 1.807) is 30.3 Å². The summed E-state index contributed by atoms with van der Waals surface area (Å²) in [5.74, 6) is 1.08. The molecule has 2 unspecified atom stereocenters. The summed E-state index contributed by atoms with van der Waals surface area (Å²) in [4.78, 5) is 7.78. The molecule has 0 bridgehead atoms. The molecule has 1 aromatic heterocycles. The number of ether oxygens (including phenoxy) is 2. The summed E-state index contributed by atoms with van der Waals surface area (Å²) in [5, 5.41) is 13.7. The lowest BCUT2D eigenvalue weighted by Crippen LogP contribution is -2.47. The fourth-order valence-electron chi connectivity index (χ4n) is 5.28. The third-order valence-electron chi connectivity index (χ3n) is 7.52. The van der Waals surface area contributed by atoms with Crippen LogP contribution in [0.3, 0.4) is 0 Å². The minimum absolute atomic E-state index is 0.00870. The third kappa shape index (κ3) is 6.17. The summed E-state index contributed by atoms with van der Waals surface area (Å²) < 4.78 is 66.1. The number of piperidine rings is 1. The highest BCUT2D eigenvalue weighted by Gasteiger charge is 2.44. The summed E-state index contributed by atoms with van der Waals surface area (Å²) in [5.41, 5.74) is 1.04. The van der Waals surface area contributed by atoms with E-state index < -0.39 is 31.8 Å². The van der Waals surface area contributed by atoms with Gasteiger partial charge in [0.15, 0.2) is 0 Å². The van der Waals surface area contributed by atoms with E-state index in [1.165, 1.54) is 23.5 Å². The summed E-state index contributed by atoms with van der Waals surface area (Å²) in [7, 11) is -5.89. The molecule has 12 nitrogen and oxygen atoms in total. The smallest absolute Gasteiger partial charge is 0.243 e. The predicted octanol–water partition coefficient (Wildman–Crippen LogP) is 1.12. The van der Waals surface area contributed by atoms with Crippen LogP contribution in [0.15, 0.2) is 52.3 Å². The van der Waals surface area contributed by atoms with Crippen LogP contribution in [-0.4, -0.2) is 93.9 Å². The fraction of sp³-hybridized carbons (Fsp3) is 0.500. The first kappa shape index (κ1) is 28.9. The van der Waals surface area contributed by atoms with Crippen molar-refractivity contribution in [1.29, 1.82) is 0 Å². The maximum Gasteiger partial charge on any atom is 0.243 e. The van der Waals surface area contributed by atoms with E-state index in [0.717, 1.165) is 17.8 Å². The number of imidazole rings is 1. The minimum atomic E-state index is -3.64. The minimum Gasteiger partial charge on any atom is -0.491 e. The van der Waals surface area contributed by atoms with Gasteiger partial charge in [-0.1, -0.05) is 6.07 Å². The van der Waals surface area contributed by atoms with Gasteiger partial charge in [-0.15, -0.1) is 0 Å². The Hall–Kier alpha value is -2.59. The Morgan fingerprint density at radius 2 is 1.95 bits per heavy atom. The van der Waals surface area contributed by atoms with Crippen molar-refractivity contribution in [3.05, 3.63) is 48.3 Å². The van der Waals surface area contributed by atoms with E-state index in [0.29, 0.717) is 43.8 Å². The lowest BCUT2D eigenvalue weighted by molar-refractivity contribution is -0.0312. The van der Waals surface area contributed by atoms with Crippen LogP contribution in [0.5, 0.6) is 5.75 Å². The highest BCUT2D eigenvalue weighted by Crippen LogP contribution is 2.37. The van der Waals surface area contributed by atoms with Crippen molar-refractivity contribution in [2.45, 2.75) is 53.7 Å². The maximum absolute atomic E-state index is 13.3. The summed E-state index contributed by atoms with van der Waals surface area (Å²) in [6.45, 7) is 3.30. The van der Waals surface area contributed by atoms with Gasteiger partial charge in [0.1, 0.15) is 24.3 Å². The number of rotatable bonds is 10. The Morgan fingerprint density at radius 1 is 1.18 bits per heavy atom. The molecular weight excluding hydrogens is 558 g/mol. The molecule has 40 heavy (non-hydrogen) atoms. The molecule has 2 aromatic carbocycles. The molecule has 2 atom stereocenters. The van der Waals surface area contributed by atoms with Crippen molar-refractivity contribution in [3.63, 3.8) is 0 Å². The van der Waals surface area contributed by atoms with Gasteiger partial charge in [-0.05, 0) is 63.6 Å². The predicted molar refractivity (Wildman–Crippen MR) is 148 cm³/mol. The number of nitrogens with zero attached hydrogens (tertiary/aromatic N) is 2. The summed E-state index contributed by atoms with van der Waals surface area (Å²) in [6, 6.07) is 11.1. The average Bonchev–Trinajstić information content (AvgIpc) is 3.52. The molecular formula is C26H35N5O7S2. The first-order valence-corrected chi connectivity index (χ1v) is 16.1. The molecule has 1 spiro atoms. The van der Waals surface area contributed by atoms with E-state index in [1.807, 2.05) is 6.92 Å². The maximum atomic E-state index is 13.3. The summed E-state index contributed by atoms with van der Waals surface area (Å²) >= 11 is 0. The zero-order valence-corrected chi connectivity index (χ0v) is 24.1. The number of aliphatic hydroxyl groups excluding tert-OH is 1. The van der Waals surface area contributed by atoms with Gasteiger partial charge in [0.25, 0.3) is 0 Å². The number of sulfonamides is 2. The number of benzene rings is 2. The van der Waals surface area contributed by atoms with E-state index in [2.05, 4.69) is 20.0 Å². The zero-order valence-electron chi connectivity index (χ0n) is 22.5. The van der Waals surface area contributed by atoms with Crippen molar-refractivity contribution >= 4 is 31.1 Å². The molecule has 3 heterocycles. The Morgan fingerprint density at radius 3 is 2.70 bits per heavy atom. The zero-order chi connectivity index (χ0) is 28.5. The van der Waals surface area contributed by atoms with Crippen molar-refractivity contribution in [2.75, 3.05) is 39.9 Å². The molecule has 3 aromatic rings. The topological polar surface area (TPSA) is 163 Å². The van der Waals surface area contributed by atoms with Gasteiger partial charge in [0, 0.05) is 31.7 Å². The molecule has 2 aliphatic heterocycles. The largest absolute Gasteiger partial charge is 0.491 e. The van der Waals surface area contributed by atoms with Gasteiger partial charge >= 0.3 is 0 Å². The second-order valence-corrected chi connectivity index (χ2v) is 14.2. The molecule has 0 saturated carbocycles. The number of aryl methyl sites for hydroxylation is 1. The molecule has 5 rings (SSSR count). The SMILES string of the molecule is CNS(=O)(=O)c1cccc(OCC(O)CNC2COC3(CCN(S(=O)(=O)c4ccc5[nH]c(C)nc5c4)CC3)C2)c1. The van der Waals surface area contributed by atoms with Crippen LogP contribution < -0.4 is 14.8 Å². The molecule has 0 aliphatic carbocycles. The number of nitrogens with one attached hydrogen (secondary N) is 3. The van der Waals surface area contributed by atoms with Crippen molar-refractivity contribution in [3.8, 4) is 5.75 Å². The van der Waals surface area contributed by atoms with Gasteiger partial charge < -0.3 is 24.9 Å².